The maximum absolute atomic E-state index is 13.6. The Morgan fingerprint density at radius 3 is 1.46 bits per heavy atom. The van der Waals surface area contributed by atoms with Crippen LogP contribution in [0.1, 0.15) is 170 Å². The minimum Gasteiger partial charge on any atom is -0.447 e. The van der Waals surface area contributed by atoms with Crippen LogP contribution < -0.4 is 10.6 Å². The van der Waals surface area contributed by atoms with Crippen LogP contribution in [0, 0.1) is 47.6 Å². The number of piperidine rings is 2. The summed E-state index contributed by atoms with van der Waals surface area (Å²) in [5.41, 5.74) is 1.38. The van der Waals surface area contributed by atoms with Gasteiger partial charge in [-0.2, -0.15) is 0 Å². The number of ether oxygens (including phenoxy) is 2. The molecule has 2 N–H and O–H groups in total. The SMILES string of the molecule is CC(C)(C=O)N1CCCCC1.[C-]#[N+]C(=CC(C)(C)N1CCCCC1)C(=O)N1CCC[C@@H]1COC(=O)N[C@@H](Cc1ccccc1)B1O[C@@H]2C[C@@H]3C[C@@H](C3(C)C)[C@]2(C)O1.[C-]#[N+]CC(=O)N1CCC[C@@H]1COC(=O)N[C@@H](Cc1ccccc1)B1O[C@@H]2C[C@@H]3C[C@@H](C3(C)C)[C@]2(C)O1. The van der Waals surface area contributed by atoms with Crippen molar-refractivity contribution in [1.29, 1.82) is 0 Å². The van der Waals surface area contributed by atoms with Crippen LogP contribution in [-0.4, -0.2) is 182 Å². The molecule has 6 saturated heterocycles. The van der Waals surface area contributed by atoms with Crippen LogP contribution in [0.3, 0.4) is 0 Å². The second kappa shape index (κ2) is 29.3. The second-order valence-electron chi connectivity index (χ2n) is 30.9. The molecule has 12 aliphatic rings. The number of carbonyl (C=O) groups excluding carboxylic acids is 5. The average Bonchev–Trinajstić information content (AvgIpc) is 1.67. The monoisotopic (exact) mass is 1280 g/mol. The third-order valence-corrected chi connectivity index (χ3v) is 23.6. The van der Waals surface area contributed by atoms with E-state index in [4.69, 9.17) is 41.2 Å². The third-order valence-electron chi connectivity index (χ3n) is 23.6. The van der Waals surface area contributed by atoms with Crippen LogP contribution in [-0.2, 0) is 55.3 Å². The summed E-state index contributed by atoms with van der Waals surface area (Å²) in [4.78, 5) is 77.6. The first-order valence-corrected chi connectivity index (χ1v) is 34.9. The summed E-state index contributed by atoms with van der Waals surface area (Å²) in [6, 6.07) is 19.6. The number of nitrogens with one attached hydrogen (secondary N) is 2. The Bertz CT molecular complexity index is 3060. The molecule has 0 radical (unpaired) electrons. The summed E-state index contributed by atoms with van der Waals surface area (Å²) in [7, 11) is -1.15. The molecule has 14 rings (SSSR count). The highest BCUT2D eigenvalue weighted by Crippen LogP contribution is 2.67. The topological polar surface area (TPSA) is 186 Å². The van der Waals surface area contributed by atoms with E-state index in [1.54, 1.807) is 9.80 Å². The summed E-state index contributed by atoms with van der Waals surface area (Å²) in [5, 5.41) is 6.09. The van der Waals surface area contributed by atoms with Crippen molar-refractivity contribution in [3.05, 3.63) is 106 Å². The Balaban J connectivity index is 0.000000178. The van der Waals surface area contributed by atoms with Crippen LogP contribution in [0.4, 0.5) is 9.59 Å². The molecule has 504 valence electrons. The van der Waals surface area contributed by atoms with E-state index in [1.165, 1.54) is 32.1 Å². The summed E-state index contributed by atoms with van der Waals surface area (Å²) in [5.74, 6) is 0.802. The molecule has 4 amide bonds. The van der Waals surface area contributed by atoms with Crippen molar-refractivity contribution >= 4 is 44.5 Å². The molecule has 2 aromatic rings. The molecule has 6 saturated carbocycles. The van der Waals surface area contributed by atoms with Gasteiger partial charge in [0.05, 0.1) is 59.5 Å². The largest absolute Gasteiger partial charge is 0.482 e. The number of likely N-dealkylation sites (tertiary alicyclic amines) is 4. The van der Waals surface area contributed by atoms with E-state index in [-0.39, 0.29) is 94.7 Å². The Morgan fingerprint density at radius 2 is 1.04 bits per heavy atom. The third kappa shape index (κ3) is 15.4. The number of amides is 4. The lowest BCUT2D eigenvalue weighted by molar-refractivity contribution is -0.199. The van der Waals surface area contributed by atoms with Crippen LogP contribution in [0.15, 0.2) is 72.4 Å². The van der Waals surface area contributed by atoms with Gasteiger partial charge >= 0.3 is 32.3 Å². The number of alkyl carbamates (subject to hydrolysis) is 2. The van der Waals surface area contributed by atoms with Crippen LogP contribution >= 0.6 is 0 Å². The molecule has 6 aliphatic carbocycles. The zero-order valence-electron chi connectivity index (χ0n) is 57.2. The van der Waals surface area contributed by atoms with Gasteiger partial charge in [-0.1, -0.05) is 107 Å². The molecule has 12 atom stereocenters. The van der Waals surface area contributed by atoms with E-state index >= 15 is 0 Å². The Morgan fingerprint density at radius 1 is 0.613 bits per heavy atom. The number of carbonyl (C=O) groups is 5. The summed E-state index contributed by atoms with van der Waals surface area (Å²) < 4.78 is 37.8. The van der Waals surface area contributed by atoms with E-state index in [9.17, 15) is 24.0 Å². The van der Waals surface area contributed by atoms with Crippen molar-refractivity contribution in [1.82, 2.24) is 30.2 Å². The molecule has 2 aromatic carbocycles. The fourth-order valence-corrected chi connectivity index (χ4v) is 17.5. The van der Waals surface area contributed by atoms with Crippen LogP contribution in [0.5, 0.6) is 0 Å². The van der Waals surface area contributed by atoms with Crippen LogP contribution in [0.25, 0.3) is 9.69 Å². The van der Waals surface area contributed by atoms with E-state index in [0.717, 1.165) is 101 Å². The Hall–Kier alpha value is -5.80. The van der Waals surface area contributed by atoms with Gasteiger partial charge < -0.3 is 58.2 Å². The molecule has 4 bridgehead atoms. The fourth-order valence-electron chi connectivity index (χ4n) is 17.5. The first-order valence-electron chi connectivity index (χ1n) is 34.9. The van der Waals surface area contributed by atoms with Crippen molar-refractivity contribution in [2.24, 2.45) is 34.5 Å². The molecule has 0 spiro atoms. The van der Waals surface area contributed by atoms with Gasteiger partial charge in [-0.05, 0) is 203 Å². The van der Waals surface area contributed by atoms with Gasteiger partial charge in [0.15, 0.2) is 0 Å². The van der Waals surface area contributed by atoms with E-state index in [1.807, 2.05) is 80.6 Å². The highest BCUT2D eigenvalue weighted by atomic mass is 16.7. The van der Waals surface area contributed by atoms with Crippen molar-refractivity contribution in [2.45, 2.75) is 230 Å². The van der Waals surface area contributed by atoms with E-state index in [0.29, 0.717) is 49.6 Å². The Labute approximate surface area is 554 Å². The number of hydrogen-bond acceptors (Lipinski definition) is 13. The van der Waals surface area contributed by atoms with Crippen LogP contribution in [0.2, 0.25) is 0 Å². The van der Waals surface area contributed by atoms with Gasteiger partial charge in [0.25, 0.3) is 12.5 Å². The van der Waals surface area contributed by atoms with Gasteiger partial charge in [0.2, 0.25) is 5.70 Å². The van der Waals surface area contributed by atoms with Crippen molar-refractivity contribution < 1.29 is 52.1 Å². The summed E-state index contributed by atoms with van der Waals surface area (Å²) in [6.07, 6.45) is 17.6. The van der Waals surface area contributed by atoms with Gasteiger partial charge in [0, 0.05) is 18.6 Å². The number of nitrogens with zero attached hydrogens (tertiary/aromatic N) is 6. The van der Waals surface area contributed by atoms with E-state index < -0.39 is 38.3 Å². The normalized spacial score (nSPS) is 30.8. The average molecular weight is 1280 g/mol. The van der Waals surface area contributed by atoms with E-state index in [2.05, 4.69) is 85.5 Å². The fraction of sp³-hybridized carbons (Fsp3) is 0.708. The zero-order valence-corrected chi connectivity index (χ0v) is 57.2. The smallest absolute Gasteiger partial charge is 0.447 e. The molecular weight excluding hydrogens is 1170 g/mol. The lowest BCUT2D eigenvalue weighted by Crippen LogP contribution is -2.65. The lowest BCUT2D eigenvalue weighted by atomic mass is 9.43. The number of rotatable bonds is 18. The molecule has 93 heavy (non-hydrogen) atoms. The maximum atomic E-state index is 13.6. The molecule has 0 unspecified atom stereocenters. The number of hydrogen-bond donors (Lipinski definition) is 2. The van der Waals surface area contributed by atoms with Gasteiger partial charge in [0.1, 0.15) is 19.5 Å². The van der Waals surface area contributed by atoms with Crippen molar-refractivity contribution in [2.75, 3.05) is 59.0 Å². The van der Waals surface area contributed by atoms with Gasteiger partial charge in [-0.3, -0.25) is 19.4 Å². The summed E-state index contributed by atoms with van der Waals surface area (Å²) in [6.45, 7) is 41.9. The number of aldehydes is 1. The molecule has 12 fully saturated rings. The first kappa shape index (κ1) is 70.0. The maximum Gasteiger partial charge on any atom is 0.482 e. The lowest BCUT2D eigenvalue weighted by Gasteiger charge is -2.64. The highest BCUT2D eigenvalue weighted by molar-refractivity contribution is 6.48. The molecule has 0 aromatic heterocycles. The molecule has 19 nitrogen and oxygen atoms in total. The first-order chi connectivity index (χ1) is 44.3. The van der Waals surface area contributed by atoms with Crippen molar-refractivity contribution in [3.63, 3.8) is 0 Å². The highest BCUT2D eigenvalue weighted by Gasteiger charge is 2.70. The molecule has 21 heteroatoms. The number of benzene rings is 2. The van der Waals surface area contributed by atoms with Crippen molar-refractivity contribution in [3.8, 4) is 0 Å². The minimum atomic E-state index is -0.586. The predicted octanol–water partition coefficient (Wildman–Crippen LogP) is 10.6. The van der Waals surface area contributed by atoms with Gasteiger partial charge in [-0.25, -0.2) is 21.0 Å². The zero-order chi connectivity index (χ0) is 66.5. The van der Waals surface area contributed by atoms with Gasteiger partial charge in [-0.15, -0.1) is 0 Å². The molecule has 6 aliphatic heterocycles. The summed E-state index contributed by atoms with van der Waals surface area (Å²) >= 11 is 0. The Kier molecular flexibility index (Phi) is 22.0. The standard InChI is InChI=1S/C36H51BN4O5.C27H36BN3O5.C9H17NO/c1-34(2,40-17-11-8-12-18-40)23-28(38-6)32(42)41-19-13-16-27(41)24-44-33(43)39-31(20-25-14-9-7-10-15-25)37-45-30-22-26-21-29(35(26,3)4)36(30,5)46-37;1-26(2)19-14-21(26)27(3)22(15-19)35-28(36-27)23(13-18-9-6-5-7-10-18)30-25(33)34-17-20-11-8-12-31(20)24(32)16-29-4;1-9(2,8-11)10-6-4-3-5-7-10/h7,9-10,14-15,23,26-27,29-31H,8,11-13,16-22,24H2,1-5H3,(H,39,43);5-7,9-10,19-23H,8,11-17H2,1-3H3,(H,30,33);8H,3-7H2,1-2H3/t26-,27+,29-,30+,31-,36-;19-,20+,21-,22+,23-,27-;/m00./s1. The second-order valence-corrected chi connectivity index (χ2v) is 30.9. The predicted molar refractivity (Wildman–Crippen MR) is 358 cm³/mol. The molecular formula is C72H104B2N8O11. The molecule has 6 heterocycles. The minimum absolute atomic E-state index is 0.00742. The quantitative estimate of drug-likeness (QED) is 0.0622.